The topological polar surface area (TPSA) is 81.6 Å². The van der Waals surface area contributed by atoms with Crippen LogP contribution in [-0.4, -0.2) is 22.9 Å². The largest absolute Gasteiger partial charge is 0.396 e. The number of hydrogen-bond acceptors (Lipinski definition) is 3. The number of rotatable bonds is 6. The molecule has 0 bridgehead atoms. The van der Waals surface area contributed by atoms with Crippen molar-refractivity contribution in [1.82, 2.24) is 0 Å². The Balaban J connectivity index is 1.38. The molecule has 0 heterocycles. The molecule has 0 spiro atoms. The van der Waals surface area contributed by atoms with Crippen molar-refractivity contribution in [2.24, 2.45) is 11.8 Å². The summed E-state index contributed by atoms with van der Waals surface area (Å²) in [6, 6.07) is 24.6. The molecular weight excluding hydrogens is 388 g/mol. The van der Waals surface area contributed by atoms with Gasteiger partial charge in [0.25, 0.3) is 0 Å². The van der Waals surface area contributed by atoms with Crippen LogP contribution in [0, 0.1) is 11.8 Å². The van der Waals surface area contributed by atoms with Gasteiger partial charge in [0, 0.05) is 18.0 Å². The molecule has 2 amide bonds. The molecule has 160 valence electrons. The van der Waals surface area contributed by atoms with Gasteiger partial charge in [0.2, 0.25) is 0 Å². The van der Waals surface area contributed by atoms with Crippen LogP contribution in [0.5, 0.6) is 0 Å². The van der Waals surface area contributed by atoms with Gasteiger partial charge in [0.05, 0.1) is 6.10 Å². The molecule has 4 rings (SSSR count). The standard InChI is InChI=1S/C26H28N2O3/c29-17-21-5-4-8-24(21)25(30)20-11-9-18(10-12-20)19-13-15-23(16-14-19)28-26(31)27-22-6-2-1-3-7-22/h1-3,6-7,9-16,21,24-25,29-30H,4-5,8,17H2,(H2,27,28,31)/t21-,24?,25?/m0/s1. The van der Waals surface area contributed by atoms with Crippen molar-refractivity contribution in [3.63, 3.8) is 0 Å². The lowest BCUT2D eigenvalue weighted by atomic mass is 9.87. The molecule has 3 aromatic carbocycles. The lowest BCUT2D eigenvalue weighted by Crippen LogP contribution is -2.19. The Bertz CT molecular complexity index is 987. The molecule has 2 unspecified atom stereocenters. The van der Waals surface area contributed by atoms with E-state index >= 15 is 0 Å². The molecule has 3 atom stereocenters. The maximum Gasteiger partial charge on any atom is 0.323 e. The van der Waals surface area contributed by atoms with Gasteiger partial charge in [-0.25, -0.2) is 4.79 Å². The quantitative estimate of drug-likeness (QED) is 0.432. The summed E-state index contributed by atoms with van der Waals surface area (Å²) in [6.45, 7) is 0.142. The first-order chi connectivity index (χ1) is 15.1. The van der Waals surface area contributed by atoms with Crippen molar-refractivity contribution in [2.45, 2.75) is 25.4 Å². The number of carbonyl (C=O) groups excluding carboxylic acids is 1. The SMILES string of the molecule is O=C(Nc1ccccc1)Nc1ccc(-c2ccc(C(O)C3CCC[C@H]3CO)cc2)cc1. The second kappa shape index (κ2) is 9.77. The van der Waals surface area contributed by atoms with Crippen molar-refractivity contribution in [3.8, 4) is 11.1 Å². The van der Waals surface area contributed by atoms with E-state index in [4.69, 9.17) is 0 Å². The summed E-state index contributed by atoms with van der Waals surface area (Å²) in [5.41, 5.74) is 4.41. The number of anilines is 2. The minimum Gasteiger partial charge on any atom is -0.396 e. The van der Waals surface area contributed by atoms with Gasteiger partial charge in [0.1, 0.15) is 0 Å². The van der Waals surface area contributed by atoms with E-state index in [1.54, 1.807) is 0 Å². The number of amides is 2. The average Bonchev–Trinajstić information content (AvgIpc) is 3.29. The summed E-state index contributed by atoms with van der Waals surface area (Å²) >= 11 is 0. The lowest BCUT2D eigenvalue weighted by molar-refractivity contribution is 0.0636. The van der Waals surface area contributed by atoms with Crippen LogP contribution in [0.25, 0.3) is 11.1 Å². The van der Waals surface area contributed by atoms with Gasteiger partial charge in [0.15, 0.2) is 0 Å². The first-order valence-electron chi connectivity index (χ1n) is 10.8. The predicted octanol–water partition coefficient (Wildman–Crippen LogP) is 5.44. The van der Waals surface area contributed by atoms with E-state index in [1.165, 1.54) is 0 Å². The van der Waals surface area contributed by atoms with Crippen molar-refractivity contribution in [2.75, 3.05) is 17.2 Å². The van der Waals surface area contributed by atoms with E-state index in [9.17, 15) is 15.0 Å². The molecule has 31 heavy (non-hydrogen) atoms. The Morgan fingerprint density at radius 1 is 0.839 bits per heavy atom. The first kappa shape index (κ1) is 21.1. The molecular formula is C26H28N2O3. The average molecular weight is 417 g/mol. The van der Waals surface area contributed by atoms with Gasteiger partial charge < -0.3 is 20.8 Å². The Labute approximate surface area is 182 Å². The van der Waals surface area contributed by atoms with Crippen LogP contribution in [0.2, 0.25) is 0 Å². The molecule has 5 heteroatoms. The van der Waals surface area contributed by atoms with Crippen LogP contribution in [0.3, 0.4) is 0 Å². The molecule has 1 saturated carbocycles. The second-order valence-corrected chi connectivity index (χ2v) is 8.13. The fourth-order valence-electron chi connectivity index (χ4n) is 4.39. The van der Waals surface area contributed by atoms with Gasteiger partial charge in [-0.3, -0.25) is 0 Å². The summed E-state index contributed by atoms with van der Waals surface area (Å²) < 4.78 is 0. The van der Waals surface area contributed by atoms with Crippen LogP contribution >= 0.6 is 0 Å². The zero-order valence-electron chi connectivity index (χ0n) is 17.4. The van der Waals surface area contributed by atoms with Crippen LogP contribution in [0.1, 0.15) is 30.9 Å². The summed E-state index contributed by atoms with van der Waals surface area (Å²) in [7, 11) is 0. The van der Waals surface area contributed by atoms with E-state index in [1.807, 2.05) is 78.9 Å². The molecule has 1 fully saturated rings. The van der Waals surface area contributed by atoms with Gasteiger partial charge in [-0.1, -0.05) is 61.0 Å². The Kier molecular flexibility index (Phi) is 6.65. The maximum atomic E-state index is 12.1. The lowest BCUT2D eigenvalue weighted by Gasteiger charge is -2.24. The zero-order chi connectivity index (χ0) is 21.6. The minimum absolute atomic E-state index is 0.128. The molecule has 3 aromatic rings. The fourth-order valence-corrected chi connectivity index (χ4v) is 4.39. The van der Waals surface area contributed by atoms with Gasteiger partial charge >= 0.3 is 6.03 Å². The molecule has 1 aliphatic carbocycles. The second-order valence-electron chi connectivity index (χ2n) is 8.13. The molecule has 5 nitrogen and oxygen atoms in total. The van der Waals surface area contributed by atoms with Crippen molar-refractivity contribution >= 4 is 17.4 Å². The van der Waals surface area contributed by atoms with Gasteiger partial charge in [-0.15, -0.1) is 0 Å². The number of benzene rings is 3. The maximum absolute atomic E-state index is 12.1. The van der Waals surface area contributed by atoms with E-state index in [0.29, 0.717) is 5.69 Å². The number of aliphatic hydroxyl groups excluding tert-OH is 2. The molecule has 4 N–H and O–H groups in total. The summed E-state index contributed by atoms with van der Waals surface area (Å²) in [5, 5.41) is 25.9. The van der Waals surface area contributed by atoms with E-state index in [2.05, 4.69) is 10.6 Å². The molecule has 0 aliphatic heterocycles. The smallest absolute Gasteiger partial charge is 0.323 e. The number of carbonyl (C=O) groups is 1. The van der Waals surface area contributed by atoms with Crippen LogP contribution in [0.15, 0.2) is 78.9 Å². The third-order valence-electron chi connectivity index (χ3n) is 6.12. The highest BCUT2D eigenvalue weighted by molar-refractivity contribution is 5.99. The fraction of sp³-hybridized carbons (Fsp3) is 0.269. The third kappa shape index (κ3) is 5.13. The minimum atomic E-state index is -0.539. The molecule has 1 aliphatic rings. The number of nitrogens with one attached hydrogen (secondary N) is 2. The molecule has 0 aromatic heterocycles. The number of hydrogen-bond donors (Lipinski definition) is 4. The zero-order valence-corrected chi connectivity index (χ0v) is 17.4. The van der Waals surface area contributed by atoms with E-state index in [0.717, 1.165) is 41.6 Å². The van der Waals surface area contributed by atoms with Crippen molar-refractivity contribution in [3.05, 3.63) is 84.4 Å². The Morgan fingerprint density at radius 3 is 2.03 bits per heavy atom. The Hall–Kier alpha value is -3.15. The van der Waals surface area contributed by atoms with Gasteiger partial charge in [-0.05, 0) is 65.6 Å². The predicted molar refractivity (Wildman–Crippen MR) is 124 cm³/mol. The van der Waals surface area contributed by atoms with Crippen LogP contribution < -0.4 is 10.6 Å². The van der Waals surface area contributed by atoms with E-state index in [-0.39, 0.29) is 24.5 Å². The highest BCUT2D eigenvalue weighted by Crippen LogP contribution is 2.40. The normalized spacial score (nSPS) is 19.0. The van der Waals surface area contributed by atoms with Crippen molar-refractivity contribution in [1.29, 1.82) is 0 Å². The van der Waals surface area contributed by atoms with Crippen LogP contribution in [0.4, 0.5) is 16.2 Å². The van der Waals surface area contributed by atoms with E-state index < -0.39 is 6.10 Å². The molecule has 0 radical (unpaired) electrons. The van der Waals surface area contributed by atoms with Crippen molar-refractivity contribution < 1.29 is 15.0 Å². The molecule has 0 saturated heterocycles. The highest BCUT2D eigenvalue weighted by atomic mass is 16.3. The monoisotopic (exact) mass is 416 g/mol. The number of para-hydroxylation sites is 1. The first-order valence-corrected chi connectivity index (χ1v) is 10.8. The number of aliphatic hydroxyl groups is 2. The summed E-state index contributed by atoms with van der Waals surface area (Å²) in [4.78, 5) is 12.1. The summed E-state index contributed by atoms with van der Waals surface area (Å²) in [6.07, 6.45) is 2.47. The highest BCUT2D eigenvalue weighted by Gasteiger charge is 2.32. The Morgan fingerprint density at radius 2 is 1.42 bits per heavy atom. The number of urea groups is 1. The summed E-state index contributed by atoms with van der Waals surface area (Å²) in [5.74, 6) is 0.317. The van der Waals surface area contributed by atoms with Crippen LogP contribution in [-0.2, 0) is 0 Å². The third-order valence-corrected chi connectivity index (χ3v) is 6.12. The van der Waals surface area contributed by atoms with Gasteiger partial charge in [-0.2, -0.15) is 0 Å².